The van der Waals surface area contributed by atoms with E-state index in [9.17, 15) is 19.5 Å². The number of hydrogen-bond donors (Lipinski definition) is 4. The van der Waals surface area contributed by atoms with Crippen LogP contribution in [0.2, 0.25) is 0 Å². The summed E-state index contributed by atoms with van der Waals surface area (Å²) in [5.41, 5.74) is -1.82. The Bertz CT molecular complexity index is 814. The van der Waals surface area contributed by atoms with E-state index in [1.807, 2.05) is 9.97 Å². The number of aromatic nitrogens is 4. The Morgan fingerprint density at radius 3 is 2.63 bits per heavy atom. The molecule has 2 aromatic rings. The van der Waals surface area contributed by atoms with E-state index in [1.54, 1.807) is 6.92 Å². The number of aromatic amines is 3. The first-order valence-corrected chi connectivity index (χ1v) is 5.13. The van der Waals surface area contributed by atoms with Crippen molar-refractivity contribution < 1.29 is 5.11 Å². The number of nitrogens with one attached hydrogen (secondary N) is 3. The third-order valence-electron chi connectivity index (χ3n) is 2.13. The van der Waals surface area contributed by atoms with Crippen molar-refractivity contribution in [1.82, 2.24) is 19.9 Å². The molecule has 0 aliphatic carbocycles. The topological polar surface area (TPSA) is 144 Å². The number of H-pyrrole nitrogens is 3. The smallest absolute Gasteiger partial charge is 0.328 e. The Hall–Kier alpha value is -2.97. The van der Waals surface area contributed by atoms with Crippen molar-refractivity contribution in [2.75, 3.05) is 0 Å². The highest BCUT2D eigenvalue weighted by Crippen LogP contribution is 2.05. The maximum atomic E-state index is 11.4. The van der Waals surface area contributed by atoms with E-state index in [2.05, 4.69) is 15.0 Å². The summed E-state index contributed by atoms with van der Waals surface area (Å²) in [6.45, 7) is 1.61. The predicted molar refractivity (Wildman–Crippen MR) is 66.2 cm³/mol. The van der Waals surface area contributed by atoms with E-state index < -0.39 is 17.1 Å². The lowest BCUT2D eigenvalue weighted by atomic mass is 10.3. The van der Waals surface area contributed by atoms with Crippen LogP contribution in [0.1, 0.15) is 11.3 Å². The van der Waals surface area contributed by atoms with E-state index in [1.165, 1.54) is 6.07 Å². The summed E-state index contributed by atoms with van der Waals surface area (Å²) in [4.78, 5) is 47.3. The van der Waals surface area contributed by atoms with Gasteiger partial charge >= 0.3 is 5.69 Å². The molecule has 0 aliphatic heterocycles. The minimum Gasteiger partial charge on any atom is -0.494 e. The van der Waals surface area contributed by atoms with E-state index in [0.29, 0.717) is 5.69 Å². The van der Waals surface area contributed by atoms with Crippen LogP contribution in [-0.4, -0.2) is 31.3 Å². The van der Waals surface area contributed by atoms with Gasteiger partial charge in [0.05, 0.1) is 0 Å². The van der Waals surface area contributed by atoms with Crippen molar-refractivity contribution in [1.29, 1.82) is 0 Å². The fourth-order valence-electron chi connectivity index (χ4n) is 1.35. The molecule has 0 amide bonds. The van der Waals surface area contributed by atoms with Crippen molar-refractivity contribution in [2.24, 2.45) is 4.99 Å². The minimum absolute atomic E-state index is 0.0185. The molecule has 0 unspecified atom stereocenters. The average molecular weight is 263 g/mol. The molecule has 4 N–H and O–H groups in total. The Morgan fingerprint density at radius 2 is 2.00 bits per heavy atom. The Kier molecular flexibility index (Phi) is 3.10. The van der Waals surface area contributed by atoms with Gasteiger partial charge in [-0.05, 0) is 6.92 Å². The van der Waals surface area contributed by atoms with E-state index >= 15 is 0 Å². The van der Waals surface area contributed by atoms with Crippen LogP contribution in [0.25, 0.3) is 0 Å². The summed E-state index contributed by atoms with van der Waals surface area (Å²) >= 11 is 0. The average Bonchev–Trinajstić information content (AvgIpc) is 2.25. The Balaban J connectivity index is 2.46. The lowest BCUT2D eigenvalue weighted by molar-refractivity contribution is 0.447. The molecule has 19 heavy (non-hydrogen) atoms. The molecule has 98 valence electrons. The zero-order valence-electron chi connectivity index (χ0n) is 9.72. The largest absolute Gasteiger partial charge is 0.494 e. The molecule has 0 radical (unpaired) electrons. The van der Waals surface area contributed by atoms with Gasteiger partial charge in [0, 0.05) is 18.0 Å². The second kappa shape index (κ2) is 4.72. The number of rotatable bonds is 2. The van der Waals surface area contributed by atoms with Crippen LogP contribution < -0.4 is 16.8 Å². The second-order valence-electron chi connectivity index (χ2n) is 3.64. The van der Waals surface area contributed by atoms with E-state index in [-0.39, 0.29) is 17.1 Å². The fraction of sp³-hybridized carbons (Fsp3) is 0.100. The van der Waals surface area contributed by atoms with Crippen LogP contribution in [0.4, 0.5) is 5.95 Å². The molecule has 0 saturated heterocycles. The maximum absolute atomic E-state index is 11.4. The number of aryl methyl sites for hydroxylation is 1. The first kappa shape index (κ1) is 12.5. The zero-order chi connectivity index (χ0) is 14.0. The number of nitrogens with zero attached hydrogens (tertiary/aromatic N) is 2. The Morgan fingerprint density at radius 1 is 1.26 bits per heavy atom. The van der Waals surface area contributed by atoms with Crippen molar-refractivity contribution >= 4 is 12.2 Å². The van der Waals surface area contributed by atoms with Crippen molar-refractivity contribution in [3.63, 3.8) is 0 Å². The molecule has 0 spiro atoms. The van der Waals surface area contributed by atoms with Gasteiger partial charge in [-0.2, -0.15) is 0 Å². The van der Waals surface area contributed by atoms with Gasteiger partial charge in [-0.1, -0.05) is 0 Å². The third kappa shape index (κ3) is 2.83. The van der Waals surface area contributed by atoms with Gasteiger partial charge in [0.2, 0.25) is 11.8 Å². The first-order chi connectivity index (χ1) is 8.95. The highest BCUT2D eigenvalue weighted by Gasteiger charge is 2.05. The molecule has 0 fully saturated rings. The van der Waals surface area contributed by atoms with Gasteiger partial charge in [-0.15, -0.1) is 0 Å². The van der Waals surface area contributed by atoms with Crippen LogP contribution in [0.3, 0.4) is 0 Å². The Labute approximate surface area is 104 Å². The van der Waals surface area contributed by atoms with Gasteiger partial charge in [0.25, 0.3) is 11.1 Å². The fourth-order valence-corrected chi connectivity index (χ4v) is 1.35. The minimum atomic E-state index is -0.832. The molecule has 9 nitrogen and oxygen atoms in total. The standard InChI is InChI=1S/C10H9N5O4/c1-4-2-6(16)13-9(12-4)11-3-5-7(17)14-10(19)15-8(5)18/h2-3H,1H3,(H,12,13,16)(H3,14,15,17,18,19). The van der Waals surface area contributed by atoms with Gasteiger partial charge in [0.15, 0.2) is 0 Å². The normalized spacial score (nSPS) is 11.0. The molecule has 0 bridgehead atoms. The second-order valence-corrected chi connectivity index (χ2v) is 3.64. The van der Waals surface area contributed by atoms with Gasteiger partial charge in [-0.25, -0.2) is 14.8 Å². The summed E-state index contributed by atoms with van der Waals surface area (Å²) < 4.78 is 0. The van der Waals surface area contributed by atoms with Crippen LogP contribution in [0.5, 0.6) is 5.88 Å². The van der Waals surface area contributed by atoms with E-state index in [0.717, 1.165) is 6.21 Å². The van der Waals surface area contributed by atoms with Crippen molar-refractivity contribution in [2.45, 2.75) is 6.92 Å². The summed E-state index contributed by atoms with van der Waals surface area (Å²) in [6.07, 6.45) is 0.988. The molecular formula is C10H9N5O4. The number of hydrogen-bond acceptors (Lipinski definition) is 6. The highest BCUT2D eigenvalue weighted by molar-refractivity contribution is 5.83. The molecule has 2 heterocycles. The van der Waals surface area contributed by atoms with Gasteiger partial charge < -0.3 is 5.11 Å². The SMILES string of the molecule is Cc1cc(=O)[nH]c(N=Cc2c(O)[nH]c(=O)[nH]c2=O)n1. The highest BCUT2D eigenvalue weighted by atomic mass is 16.3. The van der Waals surface area contributed by atoms with Crippen LogP contribution in [0.15, 0.2) is 25.4 Å². The molecule has 0 atom stereocenters. The molecular weight excluding hydrogens is 254 g/mol. The summed E-state index contributed by atoms with van der Waals surface area (Å²) in [5.74, 6) is -0.637. The quantitative estimate of drug-likeness (QED) is 0.509. The van der Waals surface area contributed by atoms with Crippen LogP contribution in [-0.2, 0) is 0 Å². The van der Waals surface area contributed by atoms with Gasteiger partial charge in [0.1, 0.15) is 5.56 Å². The van der Waals surface area contributed by atoms with Gasteiger partial charge in [-0.3, -0.25) is 24.5 Å². The monoisotopic (exact) mass is 263 g/mol. The maximum Gasteiger partial charge on any atom is 0.328 e. The predicted octanol–water partition coefficient (Wildman–Crippen LogP) is -1.09. The van der Waals surface area contributed by atoms with E-state index in [4.69, 9.17) is 0 Å². The molecule has 9 heteroatoms. The number of aromatic hydroxyl groups is 1. The number of aliphatic imine (C=N–C) groups is 1. The van der Waals surface area contributed by atoms with Crippen LogP contribution >= 0.6 is 0 Å². The third-order valence-corrected chi connectivity index (χ3v) is 2.13. The summed E-state index contributed by atoms with van der Waals surface area (Å²) in [6, 6.07) is 1.28. The van der Waals surface area contributed by atoms with Crippen LogP contribution in [0, 0.1) is 6.92 Å². The lowest BCUT2D eigenvalue weighted by Crippen LogP contribution is -2.24. The summed E-state index contributed by atoms with van der Waals surface area (Å²) in [7, 11) is 0. The lowest BCUT2D eigenvalue weighted by Gasteiger charge is -1.96. The van der Waals surface area contributed by atoms with Crippen molar-refractivity contribution in [3.05, 3.63) is 48.5 Å². The molecule has 0 saturated carbocycles. The summed E-state index contributed by atoms with van der Waals surface area (Å²) in [5, 5.41) is 9.40. The first-order valence-electron chi connectivity index (χ1n) is 5.13. The molecule has 2 aromatic heterocycles. The molecule has 2 rings (SSSR count). The zero-order valence-corrected chi connectivity index (χ0v) is 9.72. The molecule has 0 aromatic carbocycles. The molecule has 0 aliphatic rings. The van der Waals surface area contributed by atoms with Crippen molar-refractivity contribution in [3.8, 4) is 5.88 Å².